The summed E-state index contributed by atoms with van der Waals surface area (Å²) >= 11 is 0. The SMILES string of the molecule is COc1c(C)c(C2(C)CCCN2)cc(C)c1O. The molecule has 1 aliphatic heterocycles. The van der Waals surface area contributed by atoms with Gasteiger partial charge in [-0.25, -0.2) is 0 Å². The van der Waals surface area contributed by atoms with Gasteiger partial charge in [0.05, 0.1) is 7.11 Å². The first kappa shape index (κ1) is 12.2. The van der Waals surface area contributed by atoms with Crippen LogP contribution in [0.5, 0.6) is 11.5 Å². The quantitative estimate of drug-likeness (QED) is 0.828. The van der Waals surface area contributed by atoms with Gasteiger partial charge in [0.1, 0.15) is 0 Å². The van der Waals surface area contributed by atoms with Gasteiger partial charge in [-0.1, -0.05) is 6.07 Å². The minimum atomic E-state index is 0.00975. The highest BCUT2D eigenvalue weighted by atomic mass is 16.5. The van der Waals surface area contributed by atoms with Gasteiger partial charge in [-0.15, -0.1) is 0 Å². The van der Waals surface area contributed by atoms with Crippen LogP contribution in [0.2, 0.25) is 0 Å². The highest BCUT2D eigenvalue weighted by Crippen LogP contribution is 2.41. The zero-order valence-electron chi connectivity index (χ0n) is 11.1. The third kappa shape index (κ3) is 1.89. The zero-order chi connectivity index (χ0) is 12.6. The van der Waals surface area contributed by atoms with Crippen molar-refractivity contribution >= 4 is 0 Å². The van der Waals surface area contributed by atoms with Crippen LogP contribution in [-0.4, -0.2) is 18.8 Å². The van der Waals surface area contributed by atoms with E-state index in [2.05, 4.69) is 18.3 Å². The second-order valence-electron chi connectivity index (χ2n) is 5.11. The molecule has 0 spiro atoms. The molecular weight excluding hydrogens is 214 g/mol. The van der Waals surface area contributed by atoms with Gasteiger partial charge in [-0.3, -0.25) is 0 Å². The summed E-state index contributed by atoms with van der Waals surface area (Å²) in [6.07, 6.45) is 2.32. The van der Waals surface area contributed by atoms with Crippen molar-refractivity contribution in [3.63, 3.8) is 0 Å². The normalized spacial score (nSPS) is 24.0. The number of ether oxygens (including phenoxy) is 1. The van der Waals surface area contributed by atoms with Crippen molar-refractivity contribution < 1.29 is 9.84 Å². The third-order valence-electron chi connectivity index (χ3n) is 3.86. The first-order valence-electron chi connectivity index (χ1n) is 6.12. The maximum absolute atomic E-state index is 9.98. The van der Waals surface area contributed by atoms with Crippen molar-refractivity contribution in [1.29, 1.82) is 0 Å². The fraction of sp³-hybridized carbons (Fsp3) is 0.571. The number of methoxy groups -OCH3 is 1. The third-order valence-corrected chi connectivity index (χ3v) is 3.86. The van der Waals surface area contributed by atoms with Gasteiger partial charge in [0, 0.05) is 5.54 Å². The average Bonchev–Trinajstić information content (AvgIpc) is 2.72. The van der Waals surface area contributed by atoms with E-state index in [-0.39, 0.29) is 11.3 Å². The van der Waals surface area contributed by atoms with Gasteiger partial charge < -0.3 is 15.2 Å². The zero-order valence-corrected chi connectivity index (χ0v) is 11.1. The molecule has 1 saturated heterocycles. The summed E-state index contributed by atoms with van der Waals surface area (Å²) in [6.45, 7) is 7.20. The molecule has 1 aromatic carbocycles. The second-order valence-corrected chi connectivity index (χ2v) is 5.11. The number of aromatic hydroxyl groups is 1. The van der Waals surface area contributed by atoms with Crippen LogP contribution in [0, 0.1) is 13.8 Å². The van der Waals surface area contributed by atoms with Crippen molar-refractivity contribution in [1.82, 2.24) is 5.32 Å². The van der Waals surface area contributed by atoms with Gasteiger partial charge in [0.25, 0.3) is 0 Å². The minimum absolute atomic E-state index is 0.00975. The minimum Gasteiger partial charge on any atom is -0.504 e. The molecule has 2 rings (SSSR count). The Labute approximate surface area is 103 Å². The van der Waals surface area contributed by atoms with Crippen LogP contribution in [0.25, 0.3) is 0 Å². The lowest BCUT2D eigenvalue weighted by Gasteiger charge is -2.28. The van der Waals surface area contributed by atoms with Crippen molar-refractivity contribution in [3.05, 3.63) is 22.8 Å². The molecule has 1 atom stereocenters. The number of benzene rings is 1. The summed E-state index contributed by atoms with van der Waals surface area (Å²) in [5.41, 5.74) is 3.16. The fourth-order valence-corrected chi connectivity index (χ4v) is 2.82. The highest BCUT2D eigenvalue weighted by Gasteiger charge is 2.33. The van der Waals surface area contributed by atoms with Gasteiger partial charge in [-0.2, -0.15) is 0 Å². The second kappa shape index (κ2) is 4.22. The van der Waals surface area contributed by atoms with Gasteiger partial charge >= 0.3 is 0 Å². The Bertz CT molecular complexity index is 434. The Morgan fingerprint density at radius 3 is 2.65 bits per heavy atom. The number of phenols is 1. The molecule has 0 bridgehead atoms. The van der Waals surface area contributed by atoms with E-state index in [1.165, 1.54) is 12.0 Å². The largest absolute Gasteiger partial charge is 0.504 e. The summed E-state index contributed by atoms with van der Waals surface area (Å²) < 4.78 is 5.32. The number of rotatable bonds is 2. The molecule has 0 aromatic heterocycles. The van der Waals surface area contributed by atoms with Crippen LogP contribution in [-0.2, 0) is 5.54 Å². The van der Waals surface area contributed by atoms with Gasteiger partial charge in [-0.05, 0) is 56.8 Å². The Kier molecular flexibility index (Phi) is 3.04. The molecule has 17 heavy (non-hydrogen) atoms. The molecule has 1 aliphatic rings. The van der Waals surface area contributed by atoms with Gasteiger partial charge in [0.15, 0.2) is 11.5 Å². The van der Waals surface area contributed by atoms with E-state index >= 15 is 0 Å². The summed E-state index contributed by atoms with van der Waals surface area (Å²) in [7, 11) is 1.61. The first-order valence-corrected chi connectivity index (χ1v) is 6.12. The van der Waals surface area contributed by atoms with Crippen LogP contribution >= 0.6 is 0 Å². The predicted molar refractivity (Wildman–Crippen MR) is 68.7 cm³/mol. The van der Waals surface area contributed by atoms with Crippen LogP contribution in [0.4, 0.5) is 0 Å². The Morgan fingerprint density at radius 2 is 2.12 bits per heavy atom. The van der Waals surface area contributed by atoms with Gasteiger partial charge in [0.2, 0.25) is 0 Å². The summed E-state index contributed by atoms with van der Waals surface area (Å²) in [4.78, 5) is 0. The van der Waals surface area contributed by atoms with Crippen LogP contribution in [0.1, 0.15) is 36.5 Å². The molecule has 3 heteroatoms. The lowest BCUT2D eigenvalue weighted by atomic mass is 9.85. The number of hydrogen-bond donors (Lipinski definition) is 2. The van der Waals surface area contributed by atoms with Crippen molar-refractivity contribution in [2.24, 2.45) is 0 Å². The molecule has 2 N–H and O–H groups in total. The topological polar surface area (TPSA) is 41.5 Å². The first-order chi connectivity index (χ1) is 7.99. The van der Waals surface area contributed by atoms with Crippen molar-refractivity contribution in [2.45, 2.75) is 39.2 Å². The van der Waals surface area contributed by atoms with E-state index in [0.29, 0.717) is 5.75 Å². The summed E-state index contributed by atoms with van der Waals surface area (Å²) in [5, 5.41) is 13.5. The number of phenolic OH excluding ortho intramolecular Hbond substituents is 1. The number of hydrogen-bond acceptors (Lipinski definition) is 3. The highest BCUT2D eigenvalue weighted by molar-refractivity contribution is 5.55. The Morgan fingerprint density at radius 1 is 1.41 bits per heavy atom. The molecule has 1 aromatic rings. The van der Waals surface area contributed by atoms with E-state index in [9.17, 15) is 5.11 Å². The molecule has 0 radical (unpaired) electrons. The average molecular weight is 235 g/mol. The molecule has 3 nitrogen and oxygen atoms in total. The van der Waals surface area contributed by atoms with E-state index < -0.39 is 0 Å². The number of nitrogens with one attached hydrogen (secondary N) is 1. The molecule has 0 amide bonds. The molecule has 0 saturated carbocycles. The molecule has 1 fully saturated rings. The maximum atomic E-state index is 9.98. The molecule has 94 valence electrons. The monoisotopic (exact) mass is 235 g/mol. The van der Waals surface area contributed by atoms with Crippen LogP contribution in [0.3, 0.4) is 0 Å². The van der Waals surface area contributed by atoms with Crippen molar-refractivity contribution in [2.75, 3.05) is 13.7 Å². The van der Waals surface area contributed by atoms with Crippen LogP contribution < -0.4 is 10.1 Å². The molecule has 1 unspecified atom stereocenters. The Hall–Kier alpha value is -1.22. The molecule has 0 aliphatic carbocycles. The van der Waals surface area contributed by atoms with E-state index in [1.54, 1.807) is 7.11 Å². The Balaban J connectivity index is 2.58. The molecular formula is C14H21NO2. The van der Waals surface area contributed by atoms with E-state index in [0.717, 1.165) is 24.1 Å². The lowest BCUT2D eigenvalue weighted by molar-refractivity contribution is 0.362. The lowest BCUT2D eigenvalue weighted by Crippen LogP contribution is -2.34. The maximum Gasteiger partial charge on any atom is 0.164 e. The van der Waals surface area contributed by atoms with Crippen molar-refractivity contribution in [3.8, 4) is 11.5 Å². The van der Waals surface area contributed by atoms with E-state index in [4.69, 9.17) is 4.74 Å². The molecule has 1 heterocycles. The summed E-state index contributed by atoms with van der Waals surface area (Å²) in [6, 6.07) is 2.07. The number of aryl methyl sites for hydroxylation is 1. The fourth-order valence-electron chi connectivity index (χ4n) is 2.82. The predicted octanol–water partition coefficient (Wildman–Crippen LogP) is 2.62. The van der Waals surface area contributed by atoms with E-state index in [1.807, 2.05) is 13.8 Å². The standard InChI is InChI=1S/C14H21NO2/c1-9-8-11(14(3)6-5-7-15-14)10(2)13(17-4)12(9)16/h8,15-16H,5-7H2,1-4H3. The summed E-state index contributed by atoms with van der Waals surface area (Å²) in [5.74, 6) is 0.866. The smallest absolute Gasteiger partial charge is 0.164 e. The van der Waals surface area contributed by atoms with Crippen LogP contribution in [0.15, 0.2) is 6.07 Å².